The number of thiazole rings is 1. The molecule has 0 saturated heterocycles. The van der Waals surface area contributed by atoms with E-state index in [-0.39, 0.29) is 16.9 Å². The normalized spacial score (nSPS) is 11.4. The number of fused-ring (bicyclic) bond motifs is 1. The van der Waals surface area contributed by atoms with Crippen molar-refractivity contribution in [3.05, 3.63) is 74.0 Å². The Morgan fingerprint density at radius 2 is 1.86 bits per heavy atom. The lowest BCUT2D eigenvalue weighted by atomic mass is 10.1. The highest BCUT2D eigenvalue weighted by Crippen LogP contribution is 2.26. The zero-order chi connectivity index (χ0) is 20.5. The minimum Gasteiger partial charge on any atom is -0.295 e. The van der Waals surface area contributed by atoms with Crippen LogP contribution in [0.25, 0.3) is 22.3 Å². The van der Waals surface area contributed by atoms with Gasteiger partial charge in [-0.25, -0.2) is 9.78 Å². The molecular weight excluding hydrogens is 392 g/mol. The van der Waals surface area contributed by atoms with Gasteiger partial charge < -0.3 is 0 Å². The third-order valence-corrected chi connectivity index (χ3v) is 5.30. The van der Waals surface area contributed by atoms with Crippen LogP contribution in [0.5, 0.6) is 0 Å². The van der Waals surface area contributed by atoms with Gasteiger partial charge in [0.2, 0.25) is 5.13 Å². The number of hydrazone groups is 1. The highest BCUT2D eigenvalue weighted by Gasteiger charge is 2.18. The van der Waals surface area contributed by atoms with Crippen LogP contribution in [0.1, 0.15) is 5.56 Å². The molecule has 2 aromatic carbocycles. The summed E-state index contributed by atoms with van der Waals surface area (Å²) in [7, 11) is 3.20. The smallest absolute Gasteiger partial charge is 0.295 e. The van der Waals surface area contributed by atoms with E-state index in [0.29, 0.717) is 16.2 Å². The van der Waals surface area contributed by atoms with Gasteiger partial charge in [0.1, 0.15) is 0 Å². The standard InChI is InChI=1S/C19H16N6O3S/c1-23-16-8-13(15(25(27)28)9-17(16)24(2)19(23)26)10-20-22-18-21-14(11-29-18)12-6-4-3-5-7-12/h3-11H,1-2H3,(H,21,22). The first-order chi connectivity index (χ1) is 14.0. The molecule has 0 saturated carbocycles. The Kier molecular flexibility index (Phi) is 4.69. The summed E-state index contributed by atoms with van der Waals surface area (Å²) in [5.74, 6) is 0. The fourth-order valence-corrected chi connectivity index (χ4v) is 3.70. The highest BCUT2D eigenvalue weighted by atomic mass is 32.1. The van der Waals surface area contributed by atoms with Gasteiger partial charge in [0.15, 0.2) is 0 Å². The van der Waals surface area contributed by atoms with Gasteiger partial charge in [-0.3, -0.25) is 24.7 Å². The van der Waals surface area contributed by atoms with Crippen LogP contribution in [0.3, 0.4) is 0 Å². The first-order valence-corrected chi connectivity index (χ1v) is 9.47. The molecule has 0 spiro atoms. The number of hydrogen-bond acceptors (Lipinski definition) is 7. The molecule has 0 amide bonds. The first-order valence-electron chi connectivity index (χ1n) is 8.59. The summed E-state index contributed by atoms with van der Waals surface area (Å²) in [5.41, 5.74) is 5.60. The van der Waals surface area contributed by atoms with Crippen molar-refractivity contribution in [3.8, 4) is 11.3 Å². The first kappa shape index (κ1) is 18.6. The summed E-state index contributed by atoms with van der Waals surface area (Å²) in [4.78, 5) is 27.6. The van der Waals surface area contributed by atoms with Crippen LogP contribution >= 0.6 is 11.3 Å². The number of aryl methyl sites for hydroxylation is 2. The summed E-state index contributed by atoms with van der Waals surface area (Å²) < 4.78 is 2.82. The minimum atomic E-state index is -0.491. The van der Waals surface area contributed by atoms with Gasteiger partial charge in [0.05, 0.1) is 33.4 Å². The van der Waals surface area contributed by atoms with Crippen molar-refractivity contribution in [1.82, 2.24) is 14.1 Å². The molecule has 0 aliphatic carbocycles. The Balaban J connectivity index is 1.63. The summed E-state index contributed by atoms with van der Waals surface area (Å²) >= 11 is 1.38. The van der Waals surface area contributed by atoms with Gasteiger partial charge in [-0.1, -0.05) is 30.3 Å². The van der Waals surface area contributed by atoms with E-state index in [2.05, 4.69) is 15.5 Å². The summed E-state index contributed by atoms with van der Waals surface area (Å²) in [5, 5.41) is 18.1. The molecule has 0 aliphatic heterocycles. The number of nitrogens with zero attached hydrogens (tertiary/aromatic N) is 5. The number of nitro groups is 1. The van der Waals surface area contributed by atoms with Crippen molar-refractivity contribution in [2.24, 2.45) is 19.2 Å². The molecule has 0 bridgehead atoms. The zero-order valence-electron chi connectivity index (χ0n) is 15.6. The Morgan fingerprint density at radius 3 is 2.55 bits per heavy atom. The molecule has 0 aliphatic rings. The Hall–Kier alpha value is -3.79. The second kappa shape index (κ2) is 7.32. The number of aromatic nitrogens is 3. The maximum absolute atomic E-state index is 12.1. The van der Waals surface area contributed by atoms with E-state index in [1.165, 1.54) is 32.8 Å². The van der Waals surface area contributed by atoms with Crippen molar-refractivity contribution >= 4 is 39.4 Å². The lowest BCUT2D eigenvalue weighted by Gasteiger charge is -2.01. The number of benzene rings is 2. The second-order valence-electron chi connectivity index (χ2n) is 6.33. The van der Waals surface area contributed by atoms with Gasteiger partial charge in [-0.2, -0.15) is 5.10 Å². The van der Waals surface area contributed by atoms with E-state index in [0.717, 1.165) is 11.3 Å². The lowest BCUT2D eigenvalue weighted by molar-refractivity contribution is -0.384. The van der Waals surface area contributed by atoms with Gasteiger partial charge >= 0.3 is 5.69 Å². The van der Waals surface area contributed by atoms with Crippen LogP contribution < -0.4 is 11.1 Å². The van der Waals surface area contributed by atoms with Crippen molar-refractivity contribution < 1.29 is 4.92 Å². The SMILES string of the molecule is Cn1c(=O)n(C)c2cc([N+](=O)[O-])c(C=NNc3nc(-c4ccccc4)cs3)cc21. The molecule has 9 nitrogen and oxygen atoms in total. The van der Waals surface area contributed by atoms with E-state index in [9.17, 15) is 14.9 Å². The average Bonchev–Trinajstić information content (AvgIpc) is 3.28. The molecule has 2 heterocycles. The maximum Gasteiger partial charge on any atom is 0.328 e. The molecule has 2 aromatic heterocycles. The van der Waals surface area contributed by atoms with E-state index in [1.54, 1.807) is 20.2 Å². The van der Waals surface area contributed by atoms with Gasteiger partial charge in [-0.15, -0.1) is 11.3 Å². The third-order valence-electron chi connectivity index (χ3n) is 4.55. The Bertz CT molecular complexity index is 1300. The van der Waals surface area contributed by atoms with Crippen molar-refractivity contribution in [1.29, 1.82) is 0 Å². The van der Waals surface area contributed by atoms with Crippen molar-refractivity contribution in [2.75, 3.05) is 5.43 Å². The fraction of sp³-hybridized carbons (Fsp3) is 0.105. The van der Waals surface area contributed by atoms with Crippen LogP contribution in [0, 0.1) is 10.1 Å². The third kappa shape index (κ3) is 3.41. The van der Waals surface area contributed by atoms with E-state index in [4.69, 9.17) is 0 Å². The second-order valence-corrected chi connectivity index (χ2v) is 7.19. The van der Waals surface area contributed by atoms with Crippen molar-refractivity contribution in [3.63, 3.8) is 0 Å². The van der Waals surface area contributed by atoms with Crippen LogP contribution in [0.2, 0.25) is 0 Å². The zero-order valence-corrected chi connectivity index (χ0v) is 16.4. The predicted molar refractivity (Wildman–Crippen MR) is 114 cm³/mol. The summed E-state index contributed by atoms with van der Waals surface area (Å²) in [6.45, 7) is 0. The molecule has 4 aromatic rings. The van der Waals surface area contributed by atoms with E-state index >= 15 is 0 Å². The average molecular weight is 408 g/mol. The molecular formula is C19H16N6O3S. The summed E-state index contributed by atoms with van der Waals surface area (Å²) in [6.07, 6.45) is 1.36. The van der Waals surface area contributed by atoms with E-state index in [1.807, 2.05) is 35.7 Å². The van der Waals surface area contributed by atoms with E-state index < -0.39 is 4.92 Å². The molecule has 29 heavy (non-hydrogen) atoms. The molecule has 0 atom stereocenters. The Morgan fingerprint density at radius 1 is 1.17 bits per heavy atom. The number of nitrogens with one attached hydrogen (secondary N) is 1. The topological polar surface area (TPSA) is 107 Å². The fourth-order valence-electron chi connectivity index (χ4n) is 3.04. The van der Waals surface area contributed by atoms with Crippen LogP contribution in [0.15, 0.2) is 57.7 Å². The van der Waals surface area contributed by atoms with Crippen molar-refractivity contribution in [2.45, 2.75) is 0 Å². The number of hydrogen-bond donors (Lipinski definition) is 1. The lowest BCUT2D eigenvalue weighted by Crippen LogP contribution is -2.19. The molecule has 0 radical (unpaired) electrons. The molecule has 0 fully saturated rings. The number of nitro benzene ring substituents is 1. The predicted octanol–water partition coefficient (Wildman–Crippen LogP) is 3.35. The molecule has 1 N–H and O–H groups in total. The van der Waals surface area contributed by atoms with Crippen LogP contribution in [-0.2, 0) is 14.1 Å². The number of imidazole rings is 1. The molecule has 4 rings (SSSR count). The molecule has 10 heteroatoms. The number of rotatable bonds is 5. The molecule has 0 unspecified atom stereocenters. The van der Waals surface area contributed by atoms with Crippen LogP contribution in [-0.4, -0.2) is 25.3 Å². The largest absolute Gasteiger partial charge is 0.328 e. The molecule has 146 valence electrons. The van der Waals surface area contributed by atoms with Gasteiger partial charge in [0.25, 0.3) is 5.69 Å². The quantitative estimate of drug-likeness (QED) is 0.310. The maximum atomic E-state index is 12.1. The summed E-state index contributed by atoms with van der Waals surface area (Å²) in [6, 6.07) is 12.7. The van der Waals surface area contributed by atoms with Gasteiger partial charge in [0, 0.05) is 31.1 Å². The Labute approximate surface area is 168 Å². The minimum absolute atomic E-state index is 0.131. The monoisotopic (exact) mass is 408 g/mol. The number of anilines is 1. The highest BCUT2D eigenvalue weighted by molar-refractivity contribution is 7.14. The van der Waals surface area contributed by atoms with Crippen LogP contribution in [0.4, 0.5) is 10.8 Å². The van der Waals surface area contributed by atoms with Gasteiger partial charge in [-0.05, 0) is 6.07 Å².